The lowest BCUT2D eigenvalue weighted by Gasteiger charge is -2.26. The van der Waals surface area contributed by atoms with Crippen molar-refractivity contribution in [3.63, 3.8) is 0 Å². The zero-order valence-electron chi connectivity index (χ0n) is 14.8. The highest BCUT2D eigenvalue weighted by Crippen LogP contribution is 2.38. The summed E-state index contributed by atoms with van der Waals surface area (Å²) >= 11 is 1.06. The Morgan fingerprint density at radius 1 is 1.18 bits per heavy atom. The predicted octanol–water partition coefficient (Wildman–Crippen LogP) is 3.44. The van der Waals surface area contributed by atoms with E-state index in [1.807, 2.05) is 13.0 Å². The highest BCUT2D eigenvalue weighted by atomic mass is 32.2. The van der Waals surface area contributed by atoms with Gasteiger partial charge in [0.1, 0.15) is 5.69 Å². The number of nitrogens with zero attached hydrogens (tertiary/aromatic N) is 4. The van der Waals surface area contributed by atoms with E-state index >= 15 is 0 Å². The highest BCUT2D eigenvalue weighted by Gasteiger charge is 2.37. The number of aromatic nitrogens is 3. The van der Waals surface area contributed by atoms with Gasteiger partial charge >= 0.3 is 6.18 Å². The molecule has 0 aliphatic carbocycles. The Morgan fingerprint density at radius 2 is 1.93 bits per heavy atom. The number of alkyl halides is 3. The molecule has 0 unspecified atom stereocenters. The molecule has 3 aromatic rings. The molecule has 0 saturated carbocycles. The Morgan fingerprint density at radius 3 is 2.61 bits per heavy atom. The lowest BCUT2D eigenvalue weighted by molar-refractivity contribution is -0.155. The second-order valence-electron chi connectivity index (χ2n) is 6.44. The maximum absolute atomic E-state index is 13.1. The normalized spacial score (nSPS) is 15.8. The van der Waals surface area contributed by atoms with E-state index in [9.17, 15) is 21.6 Å². The summed E-state index contributed by atoms with van der Waals surface area (Å²) in [5.74, 6) is -1.22. The van der Waals surface area contributed by atoms with Crippen molar-refractivity contribution in [1.29, 1.82) is 0 Å². The number of rotatable bonds is 3. The molecule has 0 aromatic carbocycles. The van der Waals surface area contributed by atoms with Crippen molar-refractivity contribution in [1.82, 2.24) is 19.2 Å². The monoisotopic (exact) mass is 432 g/mol. The van der Waals surface area contributed by atoms with Crippen LogP contribution in [0.4, 0.5) is 13.2 Å². The molecule has 1 aliphatic rings. The highest BCUT2D eigenvalue weighted by molar-refractivity contribution is 7.89. The topological polar surface area (TPSA) is 81.2 Å². The SMILES string of the molecule is Cc1cc2n(n1)CCN(S(=O)(=O)c1cc(-c3cc(C(F)(F)F)on3)sc1C)C2. The molecule has 0 fully saturated rings. The Balaban J connectivity index is 1.65. The minimum atomic E-state index is -4.65. The van der Waals surface area contributed by atoms with E-state index in [2.05, 4.69) is 14.8 Å². The zero-order chi connectivity index (χ0) is 20.3. The third-order valence-corrected chi connectivity index (χ3v) is 7.59. The van der Waals surface area contributed by atoms with Gasteiger partial charge in [-0.15, -0.1) is 11.3 Å². The number of halogens is 3. The number of aryl methyl sites for hydroxylation is 2. The van der Waals surface area contributed by atoms with Gasteiger partial charge in [-0.2, -0.15) is 22.6 Å². The van der Waals surface area contributed by atoms with Crippen LogP contribution >= 0.6 is 11.3 Å². The molecular formula is C16H15F3N4O3S2. The largest absolute Gasteiger partial charge is 0.452 e. The molecule has 0 bridgehead atoms. The van der Waals surface area contributed by atoms with E-state index in [0.717, 1.165) is 28.8 Å². The van der Waals surface area contributed by atoms with Gasteiger partial charge in [0.15, 0.2) is 0 Å². The summed E-state index contributed by atoms with van der Waals surface area (Å²) in [4.78, 5) is 0.837. The molecule has 28 heavy (non-hydrogen) atoms. The molecule has 0 N–H and O–H groups in total. The van der Waals surface area contributed by atoms with Crippen LogP contribution in [-0.4, -0.2) is 34.2 Å². The van der Waals surface area contributed by atoms with E-state index in [0.29, 0.717) is 16.3 Å². The molecule has 7 nitrogen and oxygen atoms in total. The van der Waals surface area contributed by atoms with Gasteiger partial charge in [0, 0.05) is 17.5 Å². The lowest BCUT2D eigenvalue weighted by Crippen LogP contribution is -2.38. The number of thiophene rings is 1. The van der Waals surface area contributed by atoms with Crippen LogP contribution in [-0.2, 0) is 29.3 Å². The maximum atomic E-state index is 13.1. The van der Waals surface area contributed by atoms with Crippen LogP contribution in [0.25, 0.3) is 10.6 Å². The molecule has 1 aliphatic heterocycles. The van der Waals surface area contributed by atoms with Crippen LogP contribution in [0.5, 0.6) is 0 Å². The van der Waals surface area contributed by atoms with Gasteiger partial charge < -0.3 is 4.52 Å². The van der Waals surface area contributed by atoms with E-state index in [1.54, 1.807) is 11.6 Å². The Hall–Kier alpha value is -2.18. The van der Waals surface area contributed by atoms with Gasteiger partial charge in [-0.3, -0.25) is 4.68 Å². The number of sulfonamides is 1. The number of hydrogen-bond acceptors (Lipinski definition) is 6. The van der Waals surface area contributed by atoms with Gasteiger partial charge in [-0.1, -0.05) is 5.16 Å². The van der Waals surface area contributed by atoms with Crippen molar-refractivity contribution in [3.05, 3.63) is 40.2 Å². The van der Waals surface area contributed by atoms with Gasteiger partial charge in [0.2, 0.25) is 15.8 Å². The first kappa shape index (κ1) is 19.2. The van der Waals surface area contributed by atoms with Gasteiger partial charge in [0.05, 0.1) is 34.2 Å². The Bertz CT molecular complexity index is 1140. The van der Waals surface area contributed by atoms with E-state index in [4.69, 9.17) is 0 Å². The fourth-order valence-corrected chi connectivity index (χ4v) is 6.02. The van der Waals surface area contributed by atoms with Crippen LogP contribution in [0, 0.1) is 13.8 Å². The second-order valence-corrected chi connectivity index (χ2v) is 9.61. The fraction of sp³-hybridized carbons (Fsp3) is 0.375. The first-order valence-corrected chi connectivity index (χ1v) is 10.5. The Kier molecular flexibility index (Phi) is 4.39. The van der Waals surface area contributed by atoms with Crippen LogP contribution in [0.2, 0.25) is 0 Å². The van der Waals surface area contributed by atoms with E-state index in [1.165, 1.54) is 10.4 Å². The average molecular weight is 432 g/mol. The molecule has 0 spiro atoms. The molecular weight excluding hydrogens is 417 g/mol. The molecule has 3 aromatic heterocycles. The van der Waals surface area contributed by atoms with Crippen LogP contribution in [0.1, 0.15) is 22.0 Å². The van der Waals surface area contributed by atoms with Crippen molar-refractivity contribution in [2.24, 2.45) is 0 Å². The minimum Gasteiger partial charge on any atom is -0.351 e. The quantitative estimate of drug-likeness (QED) is 0.633. The van der Waals surface area contributed by atoms with Crippen molar-refractivity contribution < 1.29 is 26.1 Å². The number of hydrogen-bond donors (Lipinski definition) is 0. The van der Waals surface area contributed by atoms with E-state index in [-0.39, 0.29) is 23.7 Å². The van der Waals surface area contributed by atoms with Crippen LogP contribution < -0.4 is 0 Å². The van der Waals surface area contributed by atoms with E-state index < -0.39 is 22.0 Å². The summed E-state index contributed by atoms with van der Waals surface area (Å²) in [5.41, 5.74) is 1.57. The molecule has 0 saturated heterocycles. The third-order valence-electron chi connectivity index (χ3n) is 4.42. The van der Waals surface area contributed by atoms with Crippen molar-refractivity contribution in [2.45, 2.75) is 38.0 Å². The van der Waals surface area contributed by atoms with Crippen LogP contribution in [0.3, 0.4) is 0 Å². The number of fused-ring (bicyclic) bond motifs is 1. The van der Waals surface area contributed by atoms with Crippen molar-refractivity contribution >= 4 is 21.4 Å². The second kappa shape index (κ2) is 6.42. The first-order chi connectivity index (χ1) is 13.1. The minimum absolute atomic E-state index is 0.0470. The summed E-state index contributed by atoms with van der Waals surface area (Å²) in [6.07, 6.45) is -4.65. The first-order valence-electron chi connectivity index (χ1n) is 8.24. The predicted molar refractivity (Wildman–Crippen MR) is 94.1 cm³/mol. The Labute approximate surface area is 162 Å². The maximum Gasteiger partial charge on any atom is 0.452 e. The van der Waals surface area contributed by atoms with Gasteiger partial charge in [-0.05, 0) is 26.0 Å². The summed E-state index contributed by atoms with van der Waals surface area (Å²) in [6, 6.07) is 3.95. The van der Waals surface area contributed by atoms with Crippen LogP contribution in [0.15, 0.2) is 27.6 Å². The zero-order valence-corrected chi connectivity index (χ0v) is 16.5. The summed E-state index contributed by atoms with van der Waals surface area (Å²) in [7, 11) is -3.81. The third kappa shape index (κ3) is 3.25. The van der Waals surface area contributed by atoms with Crippen molar-refractivity contribution in [3.8, 4) is 10.6 Å². The summed E-state index contributed by atoms with van der Waals surface area (Å²) < 4.78 is 71.8. The molecule has 150 valence electrons. The standard InChI is InChI=1S/C16H15F3N4O3S2/c1-9-5-11-8-22(3-4-23(11)20-9)28(24,25)14-7-13(27-10(14)2)12-6-15(26-21-12)16(17,18)19/h5-7H,3-4,8H2,1-2H3. The molecule has 0 radical (unpaired) electrons. The fourth-order valence-electron chi connectivity index (χ4n) is 3.10. The molecule has 0 atom stereocenters. The summed E-state index contributed by atoms with van der Waals surface area (Å²) in [5, 5.41) is 7.74. The average Bonchev–Trinajstić information content (AvgIpc) is 3.29. The molecule has 0 amide bonds. The van der Waals surface area contributed by atoms with Gasteiger partial charge in [-0.25, -0.2) is 8.42 Å². The smallest absolute Gasteiger partial charge is 0.351 e. The molecule has 4 rings (SSSR count). The van der Waals surface area contributed by atoms with Crippen molar-refractivity contribution in [2.75, 3.05) is 6.54 Å². The lowest BCUT2D eigenvalue weighted by atomic mass is 10.3. The summed E-state index contributed by atoms with van der Waals surface area (Å²) in [6.45, 7) is 4.35. The molecule has 12 heteroatoms. The molecule has 4 heterocycles. The van der Waals surface area contributed by atoms with Gasteiger partial charge in [0.25, 0.3) is 0 Å².